The summed E-state index contributed by atoms with van der Waals surface area (Å²) in [7, 11) is 0. The lowest BCUT2D eigenvalue weighted by Crippen LogP contribution is -2.25. The molecule has 3 heteroatoms. The Hall–Kier alpha value is -2.55. The third kappa shape index (κ3) is 2.83. The van der Waals surface area contributed by atoms with E-state index in [-0.39, 0.29) is 5.91 Å². The molecule has 0 radical (unpaired) electrons. The summed E-state index contributed by atoms with van der Waals surface area (Å²) in [5, 5.41) is 3.80. The van der Waals surface area contributed by atoms with E-state index in [4.69, 9.17) is 0 Å². The minimum absolute atomic E-state index is 0.0954. The molecular weight excluding hydrogens is 236 g/mol. The first-order valence-electron chi connectivity index (χ1n) is 6.04. The molecule has 2 rings (SSSR count). The maximum Gasteiger partial charge on any atom is 0.252 e. The van der Waals surface area contributed by atoms with Crippen LogP contribution < -0.4 is 5.32 Å². The zero-order valence-electron chi connectivity index (χ0n) is 10.6. The van der Waals surface area contributed by atoms with Gasteiger partial charge in [0.05, 0.1) is 0 Å². The summed E-state index contributed by atoms with van der Waals surface area (Å²) in [5.41, 5.74) is 2.54. The molecule has 19 heavy (non-hydrogen) atoms. The van der Waals surface area contributed by atoms with Gasteiger partial charge in [0.25, 0.3) is 5.91 Å². The van der Waals surface area contributed by atoms with Gasteiger partial charge >= 0.3 is 0 Å². The minimum atomic E-state index is -0.0954. The van der Waals surface area contributed by atoms with E-state index in [1.54, 1.807) is 12.2 Å². The topological polar surface area (TPSA) is 44.9 Å². The van der Waals surface area contributed by atoms with Gasteiger partial charge in [0, 0.05) is 29.2 Å². The summed E-state index contributed by atoms with van der Waals surface area (Å²) < 4.78 is 0. The Bertz CT molecular complexity index is 650. The number of benzene rings is 1. The second kappa shape index (κ2) is 5.87. The average Bonchev–Trinajstić information content (AvgIpc) is 2.91. The zero-order valence-corrected chi connectivity index (χ0v) is 10.6. The predicted molar refractivity (Wildman–Crippen MR) is 79.1 cm³/mol. The van der Waals surface area contributed by atoms with E-state index >= 15 is 0 Å². The van der Waals surface area contributed by atoms with Gasteiger partial charge in [-0.05, 0) is 23.8 Å². The van der Waals surface area contributed by atoms with Crippen molar-refractivity contribution < 1.29 is 4.79 Å². The van der Waals surface area contributed by atoms with Crippen LogP contribution in [0.1, 0.15) is 10.4 Å². The van der Waals surface area contributed by atoms with Gasteiger partial charge < -0.3 is 10.3 Å². The summed E-state index contributed by atoms with van der Waals surface area (Å²) in [6, 6.07) is 7.52. The van der Waals surface area contributed by atoms with Gasteiger partial charge in [-0.3, -0.25) is 4.79 Å². The Labute approximate surface area is 112 Å². The SMILES string of the molecule is C=C/C=C(\C=C)CNC(=O)c1cccc2[nH]ccc12. The molecule has 0 saturated heterocycles. The molecule has 0 bridgehead atoms. The molecule has 0 aliphatic rings. The summed E-state index contributed by atoms with van der Waals surface area (Å²) in [6.07, 6.45) is 7.03. The van der Waals surface area contributed by atoms with Crippen molar-refractivity contribution in [3.05, 3.63) is 73.0 Å². The van der Waals surface area contributed by atoms with Crippen LogP contribution in [-0.2, 0) is 0 Å². The first-order chi connectivity index (χ1) is 9.26. The Morgan fingerprint density at radius 3 is 2.89 bits per heavy atom. The first kappa shape index (κ1) is 12.9. The minimum Gasteiger partial charge on any atom is -0.361 e. The highest BCUT2D eigenvalue weighted by atomic mass is 16.1. The highest BCUT2D eigenvalue weighted by Gasteiger charge is 2.09. The van der Waals surface area contributed by atoms with Crippen molar-refractivity contribution in [2.75, 3.05) is 6.54 Å². The second-order valence-corrected chi connectivity index (χ2v) is 4.11. The second-order valence-electron chi connectivity index (χ2n) is 4.11. The van der Waals surface area contributed by atoms with Crippen LogP contribution in [0.4, 0.5) is 0 Å². The van der Waals surface area contributed by atoms with Crippen LogP contribution in [-0.4, -0.2) is 17.4 Å². The Morgan fingerprint density at radius 2 is 2.16 bits per heavy atom. The Kier molecular flexibility index (Phi) is 3.98. The lowest BCUT2D eigenvalue weighted by Gasteiger charge is -2.06. The van der Waals surface area contributed by atoms with Crippen molar-refractivity contribution in [1.82, 2.24) is 10.3 Å². The standard InChI is InChI=1S/C16H16N2O/c1-3-6-12(4-2)11-18-16(19)14-7-5-8-15-13(14)9-10-17-15/h3-10,17H,1-2,11H2,(H,18,19)/b12-6+. The fourth-order valence-electron chi connectivity index (χ4n) is 1.91. The molecular formula is C16H16N2O. The highest BCUT2D eigenvalue weighted by Crippen LogP contribution is 2.17. The molecule has 1 aromatic carbocycles. The van der Waals surface area contributed by atoms with Crippen LogP contribution in [0.2, 0.25) is 0 Å². The van der Waals surface area contributed by atoms with Crippen LogP contribution in [0.15, 0.2) is 67.4 Å². The lowest BCUT2D eigenvalue weighted by atomic mass is 10.1. The third-order valence-electron chi connectivity index (χ3n) is 2.89. The van der Waals surface area contributed by atoms with Gasteiger partial charge in [-0.2, -0.15) is 0 Å². The van der Waals surface area contributed by atoms with Crippen molar-refractivity contribution in [3.8, 4) is 0 Å². The molecule has 0 atom stereocenters. The number of nitrogens with one attached hydrogen (secondary N) is 2. The molecule has 2 N–H and O–H groups in total. The van der Waals surface area contributed by atoms with Gasteiger partial charge in [-0.25, -0.2) is 0 Å². The number of hydrogen-bond acceptors (Lipinski definition) is 1. The molecule has 1 heterocycles. The maximum atomic E-state index is 12.2. The summed E-state index contributed by atoms with van der Waals surface area (Å²) >= 11 is 0. The van der Waals surface area contributed by atoms with Crippen LogP contribution in [0.25, 0.3) is 10.9 Å². The molecule has 2 aromatic rings. The molecule has 0 spiro atoms. The number of rotatable bonds is 5. The van der Waals surface area contributed by atoms with Crippen molar-refractivity contribution in [2.24, 2.45) is 0 Å². The van der Waals surface area contributed by atoms with Crippen molar-refractivity contribution in [2.45, 2.75) is 0 Å². The fraction of sp³-hybridized carbons (Fsp3) is 0.0625. The van der Waals surface area contributed by atoms with E-state index in [2.05, 4.69) is 23.5 Å². The van der Waals surface area contributed by atoms with Crippen molar-refractivity contribution >= 4 is 16.8 Å². The van der Waals surface area contributed by atoms with E-state index < -0.39 is 0 Å². The van der Waals surface area contributed by atoms with Gasteiger partial charge in [0.1, 0.15) is 0 Å². The van der Waals surface area contributed by atoms with Crippen molar-refractivity contribution in [3.63, 3.8) is 0 Å². The van der Waals surface area contributed by atoms with Gasteiger partial charge in [-0.15, -0.1) is 0 Å². The largest absolute Gasteiger partial charge is 0.361 e. The van der Waals surface area contributed by atoms with E-state index in [0.717, 1.165) is 16.5 Å². The molecule has 0 aliphatic heterocycles. The molecule has 0 unspecified atom stereocenters. The monoisotopic (exact) mass is 252 g/mol. The molecule has 0 aliphatic carbocycles. The predicted octanol–water partition coefficient (Wildman–Crippen LogP) is 3.20. The maximum absolute atomic E-state index is 12.2. The third-order valence-corrected chi connectivity index (χ3v) is 2.89. The number of carbonyl (C=O) groups is 1. The van der Waals surface area contributed by atoms with Gasteiger partial charge in [0.15, 0.2) is 0 Å². The summed E-state index contributed by atoms with van der Waals surface area (Å²) in [4.78, 5) is 15.3. The Balaban J connectivity index is 2.16. The number of hydrogen-bond donors (Lipinski definition) is 2. The van der Waals surface area contributed by atoms with E-state index in [0.29, 0.717) is 12.1 Å². The quantitative estimate of drug-likeness (QED) is 0.789. The van der Waals surface area contributed by atoms with Crippen LogP contribution in [0, 0.1) is 0 Å². The smallest absolute Gasteiger partial charge is 0.252 e. The molecule has 0 saturated carbocycles. The number of allylic oxidation sites excluding steroid dienone is 2. The van der Waals surface area contributed by atoms with Crippen molar-refractivity contribution in [1.29, 1.82) is 0 Å². The zero-order chi connectivity index (χ0) is 13.7. The molecule has 0 fully saturated rings. The first-order valence-corrected chi connectivity index (χ1v) is 6.04. The van der Waals surface area contributed by atoms with Crippen LogP contribution >= 0.6 is 0 Å². The molecule has 1 amide bonds. The van der Waals surface area contributed by atoms with Gasteiger partial charge in [0.2, 0.25) is 0 Å². The Morgan fingerprint density at radius 1 is 1.32 bits per heavy atom. The number of H-pyrrole nitrogens is 1. The number of aromatic nitrogens is 1. The highest BCUT2D eigenvalue weighted by molar-refractivity contribution is 6.06. The summed E-state index contributed by atoms with van der Waals surface area (Å²) in [5.74, 6) is -0.0954. The number of amides is 1. The number of aromatic amines is 1. The van der Waals surface area contributed by atoms with Crippen LogP contribution in [0.5, 0.6) is 0 Å². The lowest BCUT2D eigenvalue weighted by molar-refractivity contribution is 0.0959. The van der Waals surface area contributed by atoms with E-state index in [9.17, 15) is 4.79 Å². The fourth-order valence-corrected chi connectivity index (χ4v) is 1.91. The van der Waals surface area contributed by atoms with E-state index in [1.165, 1.54) is 0 Å². The number of fused-ring (bicyclic) bond motifs is 1. The van der Waals surface area contributed by atoms with Crippen LogP contribution in [0.3, 0.4) is 0 Å². The molecule has 3 nitrogen and oxygen atoms in total. The van der Waals surface area contributed by atoms with Gasteiger partial charge in [-0.1, -0.05) is 37.5 Å². The number of carbonyl (C=O) groups excluding carboxylic acids is 1. The average molecular weight is 252 g/mol. The normalized spacial score (nSPS) is 11.3. The van der Waals surface area contributed by atoms with E-state index in [1.807, 2.05) is 36.5 Å². The molecule has 1 aromatic heterocycles. The summed E-state index contributed by atoms with van der Waals surface area (Å²) in [6.45, 7) is 7.77. The molecule has 96 valence electrons.